The Morgan fingerprint density at radius 3 is 2.57 bits per heavy atom. The maximum absolute atomic E-state index is 5.86. The fourth-order valence-electron chi connectivity index (χ4n) is 4.88. The number of piperidine rings is 1. The SMILES string of the molecule is COc1ccc(C2CCN(CC[C@H]3CCOC4=CCCC=C43)CC2)cc1OC. The first-order chi connectivity index (χ1) is 13.8. The largest absolute Gasteiger partial charge is 0.494 e. The Bertz CT molecular complexity index is 731. The summed E-state index contributed by atoms with van der Waals surface area (Å²) in [4.78, 5) is 2.65. The summed E-state index contributed by atoms with van der Waals surface area (Å²) in [5, 5.41) is 0. The van der Waals surface area contributed by atoms with Crippen LogP contribution in [-0.4, -0.2) is 45.4 Å². The molecular weight excluding hydrogens is 350 g/mol. The van der Waals surface area contributed by atoms with E-state index in [2.05, 4.69) is 29.2 Å². The van der Waals surface area contributed by atoms with Crippen molar-refractivity contribution in [3.63, 3.8) is 0 Å². The third-order valence-corrected chi connectivity index (χ3v) is 6.57. The molecule has 2 heterocycles. The lowest BCUT2D eigenvalue weighted by Crippen LogP contribution is -2.35. The standard InChI is InChI=1S/C24H33NO3/c1-26-23-8-7-20(17-24(23)27-2)18-9-13-25(14-10-18)15-11-19-12-16-28-22-6-4-3-5-21(19)22/h5-8,17-19H,3-4,9-16H2,1-2H3/t19-/m0/s1. The molecule has 0 bridgehead atoms. The highest BCUT2D eigenvalue weighted by molar-refractivity contribution is 5.44. The molecule has 0 unspecified atom stereocenters. The molecule has 28 heavy (non-hydrogen) atoms. The molecule has 0 radical (unpaired) electrons. The molecule has 0 saturated carbocycles. The normalized spacial score (nSPS) is 23.3. The zero-order chi connectivity index (χ0) is 19.3. The molecule has 4 nitrogen and oxygen atoms in total. The average molecular weight is 384 g/mol. The summed E-state index contributed by atoms with van der Waals surface area (Å²) in [6.45, 7) is 4.46. The van der Waals surface area contributed by atoms with Crippen LogP contribution in [0.2, 0.25) is 0 Å². The number of rotatable bonds is 6. The highest BCUT2D eigenvalue weighted by atomic mass is 16.5. The van der Waals surface area contributed by atoms with Gasteiger partial charge in [0.25, 0.3) is 0 Å². The predicted octanol–water partition coefficient (Wildman–Crippen LogP) is 4.91. The first-order valence-electron chi connectivity index (χ1n) is 10.8. The Kier molecular flexibility index (Phi) is 6.26. The Labute approximate surface area is 169 Å². The molecule has 2 fully saturated rings. The van der Waals surface area contributed by atoms with Gasteiger partial charge in [-0.05, 0) is 99.3 Å². The predicted molar refractivity (Wildman–Crippen MR) is 112 cm³/mol. The van der Waals surface area contributed by atoms with E-state index in [1.165, 1.54) is 68.6 Å². The minimum atomic E-state index is 0.620. The Balaban J connectivity index is 1.29. The van der Waals surface area contributed by atoms with Crippen LogP contribution < -0.4 is 9.47 Å². The summed E-state index contributed by atoms with van der Waals surface area (Å²) in [6.07, 6.45) is 11.9. The van der Waals surface area contributed by atoms with Crippen LogP contribution in [0.5, 0.6) is 11.5 Å². The average Bonchev–Trinajstić information content (AvgIpc) is 2.77. The third kappa shape index (κ3) is 4.22. The van der Waals surface area contributed by atoms with E-state index >= 15 is 0 Å². The van der Waals surface area contributed by atoms with Crippen LogP contribution >= 0.6 is 0 Å². The second-order valence-corrected chi connectivity index (χ2v) is 8.16. The summed E-state index contributed by atoms with van der Waals surface area (Å²) >= 11 is 0. The van der Waals surface area contributed by atoms with E-state index < -0.39 is 0 Å². The van der Waals surface area contributed by atoms with E-state index in [0.29, 0.717) is 11.8 Å². The second-order valence-electron chi connectivity index (χ2n) is 8.16. The topological polar surface area (TPSA) is 30.9 Å². The third-order valence-electron chi connectivity index (χ3n) is 6.57. The monoisotopic (exact) mass is 383 g/mol. The number of allylic oxidation sites excluding steroid dienone is 3. The van der Waals surface area contributed by atoms with Gasteiger partial charge in [-0.1, -0.05) is 12.1 Å². The van der Waals surface area contributed by atoms with Crippen molar-refractivity contribution in [2.24, 2.45) is 5.92 Å². The zero-order valence-corrected chi connectivity index (χ0v) is 17.3. The van der Waals surface area contributed by atoms with Gasteiger partial charge in [-0.2, -0.15) is 0 Å². The van der Waals surface area contributed by atoms with E-state index in [0.717, 1.165) is 24.5 Å². The number of nitrogens with zero attached hydrogens (tertiary/aromatic N) is 1. The fourth-order valence-corrected chi connectivity index (χ4v) is 4.88. The molecule has 1 atom stereocenters. The van der Waals surface area contributed by atoms with Crippen molar-refractivity contribution in [1.29, 1.82) is 0 Å². The minimum absolute atomic E-state index is 0.620. The summed E-state index contributed by atoms with van der Waals surface area (Å²) in [7, 11) is 3.40. The number of methoxy groups -OCH3 is 2. The molecule has 152 valence electrons. The summed E-state index contributed by atoms with van der Waals surface area (Å²) < 4.78 is 16.7. The molecule has 4 heteroatoms. The van der Waals surface area contributed by atoms with Gasteiger partial charge in [0.05, 0.1) is 20.8 Å². The lowest BCUT2D eigenvalue weighted by molar-refractivity contribution is 0.148. The van der Waals surface area contributed by atoms with Crippen LogP contribution in [0.1, 0.15) is 50.0 Å². The van der Waals surface area contributed by atoms with Crippen molar-refractivity contribution in [3.8, 4) is 11.5 Å². The van der Waals surface area contributed by atoms with Gasteiger partial charge in [-0.25, -0.2) is 0 Å². The summed E-state index contributed by atoms with van der Waals surface area (Å²) in [6, 6.07) is 6.40. The molecule has 0 spiro atoms. The number of benzene rings is 1. The van der Waals surface area contributed by atoms with Crippen molar-refractivity contribution in [1.82, 2.24) is 4.90 Å². The first-order valence-corrected chi connectivity index (χ1v) is 10.8. The molecule has 1 aromatic carbocycles. The van der Waals surface area contributed by atoms with E-state index in [9.17, 15) is 0 Å². The fraction of sp³-hybridized carbons (Fsp3) is 0.583. The van der Waals surface area contributed by atoms with Crippen LogP contribution in [0.25, 0.3) is 0 Å². The Morgan fingerprint density at radius 2 is 1.79 bits per heavy atom. The highest BCUT2D eigenvalue weighted by Crippen LogP contribution is 2.37. The maximum Gasteiger partial charge on any atom is 0.160 e. The van der Waals surface area contributed by atoms with Gasteiger partial charge in [0.2, 0.25) is 0 Å². The maximum atomic E-state index is 5.86. The molecule has 0 amide bonds. The Morgan fingerprint density at radius 1 is 1.00 bits per heavy atom. The van der Waals surface area contributed by atoms with Crippen molar-refractivity contribution in [2.75, 3.05) is 40.5 Å². The lowest BCUT2D eigenvalue weighted by Gasteiger charge is -2.35. The van der Waals surface area contributed by atoms with Crippen LogP contribution in [0.4, 0.5) is 0 Å². The van der Waals surface area contributed by atoms with E-state index in [1.807, 2.05) is 6.07 Å². The first kappa shape index (κ1) is 19.4. The minimum Gasteiger partial charge on any atom is -0.494 e. The number of hydrogen-bond acceptors (Lipinski definition) is 4. The van der Waals surface area contributed by atoms with E-state index in [4.69, 9.17) is 14.2 Å². The van der Waals surface area contributed by atoms with Crippen LogP contribution in [0.15, 0.2) is 41.7 Å². The molecule has 1 aliphatic carbocycles. The molecule has 0 aromatic heterocycles. The van der Waals surface area contributed by atoms with E-state index in [1.54, 1.807) is 14.2 Å². The molecule has 1 aromatic rings. The van der Waals surface area contributed by atoms with Crippen molar-refractivity contribution in [2.45, 2.75) is 44.4 Å². The Hall–Kier alpha value is -1.94. The van der Waals surface area contributed by atoms with Crippen molar-refractivity contribution in [3.05, 3.63) is 47.2 Å². The van der Waals surface area contributed by atoms with Gasteiger partial charge in [0.1, 0.15) is 5.76 Å². The van der Waals surface area contributed by atoms with Crippen molar-refractivity contribution < 1.29 is 14.2 Å². The van der Waals surface area contributed by atoms with Gasteiger partial charge in [-0.3, -0.25) is 0 Å². The number of ether oxygens (including phenoxy) is 3. The molecule has 2 saturated heterocycles. The van der Waals surface area contributed by atoms with Crippen LogP contribution in [-0.2, 0) is 4.74 Å². The molecule has 2 aliphatic heterocycles. The number of hydrogen-bond donors (Lipinski definition) is 0. The molecule has 0 N–H and O–H groups in total. The molecular formula is C24H33NO3. The summed E-state index contributed by atoms with van der Waals surface area (Å²) in [5.41, 5.74) is 2.86. The number of fused-ring (bicyclic) bond motifs is 1. The lowest BCUT2D eigenvalue weighted by atomic mass is 9.85. The molecule has 3 aliphatic rings. The number of likely N-dealkylation sites (tertiary alicyclic amines) is 1. The zero-order valence-electron chi connectivity index (χ0n) is 17.3. The van der Waals surface area contributed by atoms with Gasteiger partial charge in [0, 0.05) is 0 Å². The quantitative estimate of drug-likeness (QED) is 0.698. The van der Waals surface area contributed by atoms with Crippen molar-refractivity contribution >= 4 is 0 Å². The second kappa shape index (κ2) is 9.04. The van der Waals surface area contributed by atoms with Crippen LogP contribution in [0, 0.1) is 5.92 Å². The molecule has 4 rings (SSSR count). The summed E-state index contributed by atoms with van der Waals surface area (Å²) in [5.74, 6) is 4.13. The van der Waals surface area contributed by atoms with Crippen LogP contribution in [0.3, 0.4) is 0 Å². The van der Waals surface area contributed by atoms with E-state index in [-0.39, 0.29) is 0 Å². The highest BCUT2D eigenvalue weighted by Gasteiger charge is 2.27. The van der Waals surface area contributed by atoms with Gasteiger partial charge in [-0.15, -0.1) is 0 Å². The van der Waals surface area contributed by atoms with Gasteiger partial charge < -0.3 is 19.1 Å². The van der Waals surface area contributed by atoms with Gasteiger partial charge in [0.15, 0.2) is 11.5 Å². The smallest absolute Gasteiger partial charge is 0.160 e. The van der Waals surface area contributed by atoms with Gasteiger partial charge >= 0.3 is 0 Å².